The lowest BCUT2D eigenvalue weighted by Gasteiger charge is -2.20. The predicted molar refractivity (Wildman–Crippen MR) is 85.1 cm³/mol. The van der Waals surface area contributed by atoms with E-state index in [2.05, 4.69) is 5.32 Å². The summed E-state index contributed by atoms with van der Waals surface area (Å²) < 4.78 is 10.6. The highest BCUT2D eigenvalue weighted by molar-refractivity contribution is 7.99. The van der Waals surface area contributed by atoms with Crippen LogP contribution in [0.1, 0.15) is 38.5 Å². The van der Waals surface area contributed by atoms with Crippen LogP contribution in [0.2, 0.25) is 0 Å². The Hall–Kier alpha value is -1.36. The molecule has 1 aliphatic heterocycles. The molecular formula is C16H21NO3S. The average Bonchev–Trinajstić information content (AvgIpc) is 2.96. The number of amides is 1. The van der Waals surface area contributed by atoms with E-state index >= 15 is 0 Å². The molecule has 114 valence electrons. The van der Waals surface area contributed by atoms with Gasteiger partial charge in [0, 0.05) is 29.2 Å². The molecule has 0 saturated heterocycles. The number of carbonyl (C=O) groups excluding carboxylic acids is 1. The molecule has 0 radical (unpaired) electrons. The molecule has 21 heavy (non-hydrogen) atoms. The zero-order valence-corrected chi connectivity index (χ0v) is 12.9. The molecule has 1 fully saturated rings. The molecule has 1 N–H and O–H groups in total. The lowest BCUT2D eigenvalue weighted by molar-refractivity contribution is -0.115. The molecule has 1 saturated carbocycles. The van der Waals surface area contributed by atoms with Gasteiger partial charge in [0.15, 0.2) is 11.5 Å². The Morgan fingerprint density at radius 3 is 2.86 bits per heavy atom. The molecule has 1 amide bonds. The van der Waals surface area contributed by atoms with E-state index in [1.807, 2.05) is 30.0 Å². The van der Waals surface area contributed by atoms with Crippen LogP contribution < -0.4 is 14.8 Å². The second-order valence-corrected chi connectivity index (χ2v) is 6.91. The quantitative estimate of drug-likeness (QED) is 0.898. The number of benzene rings is 1. The van der Waals surface area contributed by atoms with Crippen LogP contribution in [0, 0.1) is 0 Å². The lowest BCUT2D eigenvalue weighted by Crippen LogP contribution is -2.14. The highest BCUT2D eigenvalue weighted by Crippen LogP contribution is 2.34. The molecule has 0 atom stereocenters. The van der Waals surface area contributed by atoms with E-state index in [0.29, 0.717) is 12.2 Å². The fourth-order valence-corrected chi connectivity index (χ4v) is 4.05. The predicted octanol–water partition coefficient (Wildman–Crippen LogP) is 3.81. The highest BCUT2D eigenvalue weighted by atomic mass is 32.2. The summed E-state index contributed by atoms with van der Waals surface area (Å²) in [4.78, 5) is 12.0. The van der Waals surface area contributed by atoms with E-state index < -0.39 is 0 Å². The first-order valence-corrected chi connectivity index (χ1v) is 8.67. The number of carbonyl (C=O) groups is 1. The van der Waals surface area contributed by atoms with Crippen molar-refractivity contribution in [2.24, 2.45) is 0 Å². The summed E-state index contributed by atoms with van der Waals surface area (Å²) in [7, 11) is 0. The van der Waals surface area contributed by atoms with E-state index in [1.54, 1.807) is 0 Å². The number of rotatable bonds is 5. The lowest BCUT2D eigenvalue weighted by atomic mass is 10.0. The molecule has 0 aromatic heterocycles. The van der Waals surface area contributed by atoms with Crippen LogP contribution in [0.3, 0.4) is 0 Å². The van der Waals surface area contributed by atoms with Crippen LogP contribution in [-0.4, -0.2) is 23.7 Å². The Bertz CT molecular complexity index is 500. The summed E-state index contributed by atoms with van der Waals surface area (Å²) in [5, 5.41) is 3.68. The molecule has 2 aliphatic rings. The van der Waals surface area contributed by atoms with Gasteiger partial charge in [0.25, 0.3) is 0 Å². The van der Waals surface area contributed by atoms with Crippen LogP contribution >= 0.6 is 11.8 Å². The molecule has 1 aromatic rings. The van der Waals surface area contributed by atoms with Gasteiger partial charge >= 0.3 is 0 Å². The molecule has 1 heterocycles. The van der Waals surface area contributed by atoms with Crippen molar-refractivity contribution < 1.29 is 14.3 Å². The second-order valence-electron chi connectivity index (χ2n) is 5.50. The Balaban J connectivity index is 1.41. The first kappa shape index (κ1) is 14.6. The van der Waals surface area contributed by atoms with Crippen molar-refractivity contribution in [1.82, 2.24) is 0 Å². The summed E-state index contributed by atoms with van der Waals surface area (Å²) in [6.07, 6.45) is 7.27. The molecule has 0 unspecified atom stereocenters. The van der Waals surface area contributed by atoms with Gasteiger partial charge in [0.2, 0.25) is 12.7 Å². The Kier molecular flexibility index (Phi) is 4.91. The first-order chi connectivity index (χ1) is 10.3. The molecule has 1 aromatic carbocycles. The summed E-state index contributed by atoms with van der Waals surface area (Å²) in [6.45, 7) is 0.255. The van der Waals surface area contributed by atoms with Crippen molar-refractivity contribution in [2.75, 3.05) is 17.9 Å². The topological polar surface area (TPSA) is 47.6 Å². The van der Waals surface area contributed by atoms with Crippen LogP contribution in [-0.2, 0) is 4.79 Å². The minimum Gasteiger partial charge on any atom is -0.454 e. The van der Waals surface area contributed by atoms with Crippen molar-refractivity contribution in [2.45, 2.75) is 43.8 Å². The van der Waals surface area contributed by atoms with Gasteiger partial charge in [-0.05, 0) is 25.0 Å². The van der Waals surface area contributed by atoms with Crippen molar-refractivity contribution in [3.05, 3.63) is 18.2 Å². The number of anilines is 1. The van der Waals surface area contributed by atoms with Crippen molar-refractivity contribution >= 4 is 23.4 Å². The van der Waals surface area contributed by atoms with E-state index in [4.69, 9.17) is 9.47 Å². The van der Waals surface area contributed by atoms with Gasteiger partial charge in [-0.3, -0.25) is 4.79 Å². The molecule has 0 bridgehead atoms. The smallest absolute Gasteiger partial charge is 0.231 e. The van der Waals surface area contributed by atoms with Gasteiger partial charge in [-0.1, -0.05) is 19.3 Å². The maximum Gasteiger partial charge on any atom is 0.231 e. The number of fused-ring (bicyclic) bond motifs is 1. The Morgan fingerprint density at radius 2 is 2.00 bits per heavy atom. The standard InChI is InChI=1S/C16H21NO3S/c18-16(8-9-21-13-4-2-1-3-5-13)17-12-6-7-14-15(10-12)20-11-19-14/h6-7,10,13H,1-5,8-9,11H2,(H,17,18). The number of hydrogen-bond donors (Lipinski definition) is 1. The van der Waals surface area contributed by atoms with Crippen LogP contribution in [0.5, 0.6) is 11.5 Å². The van der Waals surface area contributed by atoms with Crippen molar-refractivity contribution in [3.63, 3.8) is 0 Å². The van der Waals surface area contributed by atoms with Gasteiger partial charge in [-0.25, -0.2) is 0 Å². The summed E-state index contributed by atoms with van der Waals surface area (Å²) >= 11 is 1.95. The van der Waals surface area contributed by atoms with E-state index in [0.717, 1.165) is 22.4 Å². The minimum absolute atomic E-state index is 0.0668. The van der Waals surface area contributed by atoms with Gasteiger partial charge < -0.3 is 14.8 Å². The summed E-state index contributed by atoms with van der Waals surface area (Å²) in [6, 6.07) is 5.49. The normalized spacial score (nSPS) is 17.7. The van der Waals surface area contributed by atoms with E-state index in [-0.39, 0.29) is 12.7 Å². The highest BCUT2D eigenvalue weighted by Gasteiger charge is 2.15. The monoisotopic (exact) mass is 307 g/mol. The fourth-order valence-electron chi connectivity index (χ4n) is 2.75. The van der Waals surface area contributed by atoms with Crippen molar-refractivity contribution in [3.8, 4) is 11.5 Å². The maximum absolute atomic E-state index is 12.0. The molecular weight excluding hydrogens is 286 g/mol. The summed E-state index contributed by atoms with van der Waals surface area (Å²) in [5.74, 6) is 2.41. The molecule has 1 aliphatic carbocycles. The zero-order chi connectivity index (χ0) is 14.5. The Labute approximate surface area is 129 Å². The number of thioether (sulfide) groups is 1. The second kappa shape index (κ2) is 7.07. The Morgan fingerprint density at radius 1 is 1.19 bits per heavy atom. The van der Waals surface area contributed by atoms with Gasteiger partial charge in [-0.2, -0.15) is 11.8 Å². The van der Waals surface area contributed by atoms with Gasteiger partial charge in [0.05, 0.1) is 0 Å². The SMILES string of the molecule is O=C(CCSC1CCCCC1)Nc1ccc2c(c1)OCO2. The zero-order valence-electron chi connectivity index (χ0n) is 12.1. The minimum atomic E-state index is 0.0668. The summed E-state index contributed by atoms with van der Waals surface area (Å²) in [5.41, 5.74) is 0.770. The molecule has 5 heteroatoms. The third kappa shape index (κ3) is 4.06. The molecule has 3 rings (SSSR count). The van der Waals surface area contributed by atoms with Gasteiger partial charge in [0.1, 0.15) is 0 Å². The van der Waals surface area contributed by atoms with Crippen LogP contribution in [0.25, 0.3) is 0 Å². The number of nitrogens with one attached hydrogen (secondary N) is 1. The van der Waals surface area contributed by atoms with Crippen molar-refractivity contribution in [1.29, 1.82) is 0 Å². The number of hydrogen-bond acceptors (Lipinski definition) is 4. The third-order valence-corrected chi connectivity index (χ3v) is 5.27. The maximum atomic E-state index is 12.0. The van der Waals surface area contributed by atoms with E-state index in [9.17, 15) is 4.79 Å². The van der Waals surface area contributed by atoms with Crippen LogP contribution in [0.4, 0.5) is 5.69 Å². The van der Waals surface area contributed by atoms with Gasteiger partial charge in [-0.15, -0.1) is 0 Å². The average molecular weight is 307 g/mol. The third-order valence-electron chi connectivity index (χ3n) is 3.89. The van der Waals surface area contributed by atoms with E-state index in [1.165, 1.54) is 32.1 Å². The first-order valence-electron chi connectivity index (χ1n) is 7.62. The van der Waals surface area contributed by atoms with Crippen LogP contribution in [0.15, 0.2) is 18.2 Å². The molecule has 0 spiro atoms. The number of ether oxygens (including phenoxy) is 2. The molecule has 4 nitrogen and oxygen atoms in total. The fraction of sp³-hybridized carbons (Fsp3) is 0.562. The largest absolute Gasteiger partial charge is 0.454 e.